The number of carbonyl (C=O) groups is 2. The van der Waals surface area contributed by atoms with Crippen molar-refractivity contribution in [3.8, 4) is 0 Å². The zero-order chi connectivity index (χ0) is 10.6. The highest BCUT2D eigenvalue weighted by Gasteiger charge is 2.12. The normalized spacial score (nSPS) is 12.1. The fourth-order valence-corrected chi connectivity index (χ4v) is 1.79. The van der Waals surface area contributed by atoms with Crippen molar-refractivity contribution in [3.63, 3.8) is 0 Å². The number of carbonyl (C=O) groups excluding carboxylic acids is 1. The molecule has 1 rings (SSSR count). The van der Waals surface area contributed by atoms with Gasteiger partial charge in [0.15, 0.2) is 0 Å². The Balaban J connectivity index is 2.76. The SMILES string of the molecule is CC(Sc1cccc(C=O)c1)C(=O)O. The van der Waals surface area contributed by atoms with Crippen LogP contribution in [0.1, 0.15) is 17.3 Å². The quantitative estimate of drug-likeness (QED) is 0.610. The predicted molar refractivity (Wildman–Crippen MR) is 54.8 cm³/mol. The summed E-state index contributed by atoms with van der Waals surface area (Å²) in [6.07, 6.45) is 0.746. The first-order valence-corrected chi connectivity index (χ1v) is 4.96. The average molecular weight is 210 g/mol. The van der Waals surface area contributed by atoms with Gasteiger partial charge in [-0.05, 0) is 19.1 Å². The molecule has 74 valence electrons. The third kappa shape index (κ3) is 2.88. The maximum atomic E-state index is 10.6. The molecule has 0 fully saturated rings. The molecule has 1 aromatic carbocycles. The van der Waals surface area contributed by atoms with E-state index in [0.29, 0.717) is 5.56 Å². The van der Waals surface area contributed by atoms with Crippen molar-refractivity contribution in [3.05, 3.63) is 29.8 Å². The molecule has 0 bridgehead atoms. The molecule has 1 N–H and O–H groups in total. The van der Waals surface area contributed by atoms with Gasteiger partial charge >= 0.3 is 5.97 Å². The fraction of sp³-hybridized carbons (Fsp3) is 0.200. The molecule has 1 aromatic rings. The summed E-state index contributed by atoms with van der Waals surface area (Å²) in [7, 11) is 0. The molecule has 4 heteroatoms. The first kappa shape index (κ1) is 10.8. The van der Waals surface area contributed by atoms with Crippen molar-refractivity contribution in [2.45, 2.75) is 17.1 Å². The van der Waals surface area contributed by atoms with Crippen LogP contribution in [0.15, 0.2) is 29.2 Å². The van der Waals surface area contributed by atoms with Gasteiger partial charge in [0.05, 0.1) is 0 Å². The lowest BCUT2D eigenvalue weighted by Gasteiger charge is -2.05. The second kappa shape index (κ2) is 4.81. The Bertz CT molecular complexity index is 349. The number of aliphatic carboxylic acids is 1. The van der Waals surface area contributed by atoms with E-state index in [9.17, 15) is 9.59 Å². The second-order valence-electron chi connectivity index (χ2n) is 2.79. The smallest absolute Gasteiger partial charge is 0.316 e. The summed E-state index contributed by atoms with van der Waals surface area (Å²) in [5.74, 6) is -0.855. The van der Waals surface area contributed by atoms with Gasteiger partial charge < -0.3 is 5.11 Å². The van der Waals surface area contributed by atoms with E-state index in [2.05, 4.69) is 0 Å². The molecule has 0 saturated heterocycles. The standard InChI is InChI=1S/C10H10O3S/c1-7(10(12)13)14-9-4-2-3-8(5-9)6-11/h2-7H,1H3,(H,12,13). The zero-order valence-electron chi connectivity index (χ0n) is 7.64. The van der Waals surface area contributed by atoms with Crippen molar-refractivity contribution in [2.75, 3.05) is 0 Å². The first-order valence-electron chi connectivity index (χ1n) is 4.08. The summed E-state index contributed by atoms with van der Waals surface area (Å²) in [6.45, 7) is 1.61. The summed E-state index contributed by atoms with van der Waals surface area (Å²) in [5.41, 5.74) is 0.563. The molecule has 1 unspecified atom stereocenters. The minimum Gasteiger partial charge on any atom is -0.480 e. The highest BCUT2D eigenvalue weighted by molar-refractivity contribution is 8.00. The van der Waals surface area contributed by atoms with Gasteiger partial charge in [0.2, 0.25) is 0 Å². The molecule has 0 heterocycles. The lowest BCUT2D eigenvalue weighted by Crippen LogP contribution is -2.10. The van der Waals surface area contributed by atoms with E-state index in [1.807, 2.05) is 0 Å². The lowest BCUT2D eigenvalue weighted by molar-refractivity contribution is -0.136. The number of rotatable bonds is 4. The molecular formula is C10H10O3S. The van der Waals surface area contributed by atoms with Crippen molar-refractivity contribution in [1.29, 1.82) is 0 Å². The molecule has 14 heavy (non-hydrogen) atoms. The van der Waals surface area contributed by atoms with Gasteiger partial charge in [-0.25, -0.2) is 0 Å². The fourth-order valence-electron chi connectivity index (χ4n) is 0.916. The van der Waals surface area contributed by atoms with Gasteiger partial charge in [0.25, 0.3) is 0 Å². The number of carboxylic acid groups (broad SMARTS) is 1. The van der Waals surface area contributed by atoms with E-state index in [4.69, 9.17) is 5.11 Å². The van der Waals surface area contributed by atoms with Crippen molar-refractivity contribution < 1.29 is 14.7 Å². The van der Waals surface area contributed by atoms with Crippen molar-refractivity contribution >= 4 is 24.0 Å². The number of hydrogen-bond acceptors (Lipinski definition) is 3. The third-order valence-electron chi connectivity index (χ3n) is 1.65. The predicted octanol–water partition coefficient (Wildman–Crippen LogP) is 2.06. The highest BCUT2D eigenvalue weighted by atomic mass is 32.2. The Hall–Kier alpha value is -1.29. The first-order chi connectivity index (χ1) is 6.63. The van der Waals surface area contributed by atoms with E-state index in [-0.39, 0.29) is 0 Å². The summed E-state index contributed by atoms with van der Waals surface area (Å²) < 4.78 is 0. The summed E-state index contributed by atoms with van der Waals surface area (Å²) in [5, 5.41) is 8.18. The molecule has 1 atom stereocenters. The van der Waals surface area contributed by atoms with Gasteiger partial charge in [0.1, 0.15) is 11.5 Å². The Morgan fingerprint density at radius 2 is 2.29 bits per heavy atom. The molecule has 0 aliphatic carbocycles. The summed E-state index contributed by atoms with van der Waals surface area (Å²) in [6, 6.07) is 6.89. The molecule has 0 spiro atoms. The van der Waals surface area contributed by atoms with Crippen LogP contribution in [-0.2, 0) is 4.79 Å². The van der Waals surface area contributed by atoms with Crippen LogP contribution in [0.25, 0.3) is 0 Å². The topological polar surface area (TPSA) is 54.4 Å². The molecule has 0 aromatic heterocycles. The van der Waals surface area contributed by atoms with Crippen molar-refractivity contribution in [1.82, 2.24) is 0 Å². The molecule has 0 radical (unpaired) electrons. The van der Waals surface area contributed by atoms with Crippen LogP contribution in [0.3, 0.4) is 0 Å². The Morgan fingerprint density at radius 1 is 1.57 bits per heavy atom. The van der Waals surface area contributed by atoms with Crippen LogP contribution in [-0.4, -0.2) is 22.6 Å². The maximum Gasteiger partial charge on any atom is 0.316 e. The Labute approximate surface area is 86.1 Å². The summed E-state index contributed by atoms with van der Waals surface area (Å²) >= 11 is 1.22. The molecule has 0 aliphatic heterocycles. The van der Waals surface area contributed by atoms with E-state index in [1.54, 1.807) is 31.2 Å². The van der Waals surface area contributed by atoms with Gasteiger partial charge in [-0.1, -0.05) is 12.1 Å². The van der Waals surface area contributed by atoms with Gasteiger partial charge in [-0.15, -0.1) is 11.8 Å². The highest BCUT2D eigenvalue weighted by Crippen LogP contribution is 2.23. The van der Waals surface area contributed by atoms with Crippen LogP contribution < -0.4 is 0 Å². The van der Waals surface area contributed by atoms with E-state index >= 15 is 0 Å². The number of benzene rings is 1. The average Bonchev–Trinajstić information content (AvgIpc) is 2.18. The molecular weight excluding hydrogens is 200 g/mol. The molecule has 0 saturated carbocycles. The largest absolute Gasteiger partial charge is 0.480 e. The van der Waals surface area contributed by atoms with Gasteiger partial charge in [-0.2, -0.15) is 0 Å². The van der Waals surface area contributed by atoms with E-state index in [1.165, 1.54) is 11.8 Å². The van der Waals surface area contributed by atoms with Crippen LogP contribution in [0.5, 0.6) is 0 Å². The Morgan fingerprint density at radius 3 is 2.86 bits per heavy atom. The van der Waals surface area contributed by atoms with Gasteiger partial charge in [-0.3, -0.25) is 9.59 Å². The van der Waals surface area contributed by atoms with Crippen LogP contribution >= 0.6 is 11.8 Å². The molecule has 3 nitrogen and oxygen atoms in total. The van der Waals surface area contributed by atoms with E-state index in [0.717, 1.165) is 11.2 Å². The minimum absolute atomic E-state index is 0.503. The molecule has 0 aliphatic rings. The zero-order valence-corrected chi connectivity index (χ0v) is 8.45. The number of hydrogen-bond donors (Lipinski definition) is 1. The monoisotopic (exact) mass is 210 g/mol. The minimum atomic E-state index is -0.855. The Kier molecular flexibility index (Phi) is 3.71. The van der Waals surface area contributed by atoms with Crippen LogP contribution in [0.4, 0.5) is 0 Å². The maximum absolute atomic E-state index is 10.6. The number of carboxylic acids is 1. The van der Waals surface area contributed by atoms with Crippen LogP contribution in [0.2, 0.25) is 0 Å². The third-order valence-corrected chi connectivity index (χ3v) is 2.74. The lowest BCUT2D eigenvalue weighted by atomic mass is 10.2. The molecule has 0 amide bonds. The second-order valence-corrected chi connectivity index (χ2v) is 4.20. The van der Waals surface area contributed by atoms with Crippen molar-refractivity contribution in [2.24, 2.45) is 0 Å². The van der Waals surface area contributed by atoms with E-state index < -0.39 is 11.2 Å². The summed E-state index contributed by atoms with van der Waals surface area (Å²) in [4.78, 5) is 21.8. The number of thioether (sulfide) groups is 1. The van der Waals surface area contributed by atoms with Crippen LogP contribution in [0, 0.1) is 0 Å². The number of aldehydes is 1. The van der Waals surface area contributed by atoms with Gasteiger partial charge in [0, 0.05) is 10.5 Å².